The molecule has 1 aliphatic heterocycles. The molecule has 0 spiro atoms. The maximum atomic E-state index is 9.18. The molecule has 0 radical (unpaired) electrons. The minimum absolute atomic E-state index is 0.431. The number of hydrogen-bond acceptors (Lipinski definition) is 3. The molecule has 0 saturated carbocycles. The van der Waals surface area contributed by atoms with Gasteiger partial charge in [0.05, 0.1) is 6.61 Å². The zero-order chi connectivity index (χ0) is 10.9. The van der Waals surface area contributed by atoms with E-state index in [1.54, 1.807) is 6.92 Å². The second-order valence-corrected chi connectivity index (χ2v) is 2.80. The van der Waals surface area contributed by atoms with Gasteiger partial charge in [0.1, 0.15) is 12.4 Å². The molecule has 0 bridgehead atoms. The van der Waals surface area contributed by atoms with E-state index in [2.05, 4.69) is 10.8 Å². The molecule has 0 amide bonds. The molecular formula is C12H14O3. The Balaban J connectivity index is 0.000000195. The first kappa shape index (κ1) is 11.3. The Morgan fingerprint density at radius 3 is 2.87 bits per heavy atom. The van der Waals surface area contributed by atoms with Crippen LogP contribution in [-0.2, 0) is 9.53 Å². The number of carbonyl (C=O) groups excluding carboxylic acids is 1. The van der Waals surface area contributed by atoms with Crippen molar-refractivity contribution >= 4 is 12.5 Å². The zero-order valence-corrected chi connectivity index (χ0v) is 8.68. The molecule has 15 heavy (non-hydrogen) atoms. The summed E-state index contributed by atoms with van der Waals surface area (Å²) in [6.45, 7) is 3.37. The number of para-hydroxylation sites is 1. The first-order valence-electron chi connectivity index (χ1n) is 4.82. The Morgan fingerprint density at radius 1 is 1.47 bits per heavy atom. The normalized spacial score (nSPS) is 11.5. The number of rotatable bonds is 2. The van der Waals surface area contributed by atoms with Crippen molar-refractivity contribution in [2.45, 2.75) is 6.92 Å². The van der Waals surface area contributed by atoms with Crippen molar-refractivity contribution in [3.63, 3.8) is 0 Å². The zero-order valence-electron chi connectivity index (χ0n) is 8.68. The van der Waals surface area contributed by atoms with E-state index in [0.29, 0.717) is 19.7 Å². The maximum Gasteiger partial charge on any atom is 0.293 e. The van der Waals surface area contributed by atoms with Crippen LogP contribution in [0.1, 0.15) is 12.5 Å². The molecule has 3 heteroatoms. The molecule has 0 aromatic heterocycles. The average molecular weight is 206 g/mol. The monoisotopic (exact) mass is 206 g/mol. The fourth-order valence-electron chi connectivity index (χ4n) is 1.13. The minimum atomic E-state index is 0.431. The van der Waals surface area contributed by atoms with Gasteiger partial charge in [0.15, 0.2) is 0 Å². The average Bonchev–Trinajstić information content (AvgIpc) is 2.31. The minimum Gasteiger partial charge on any atom is -0.489 e. The summed E-state index contributed by atoms with van der Waals surface area (Å²) < 4.78 is 9.49. The van der Waals surface area contributed by atoms with Gasteiger partial charge >= 0.3 is 0 Å². The highest BCUT2D eigenvalue weighted by atomic mass is 16.5. The maximum absolute atomic E-state index is 9.18. The van der Waals surface area contributed by atoms with Crippen molar-refractivity contribution in [3.05, 3.63) is 35.9 Å². The Bertz CT molecular complexity index is 331. The largest absolute Gasteiger partial charge is 0.489 e. The van der Waals surface area contributed by atoms with Crippen LogP contribution in [0.3, 0.4) is 0 Å². The van der Waals surface area contributed by atoms with Crippen molar-refractivity contribution in [2.24, 2.45) is 0 Å². The fourth-order valence-corrected chi connectivity index (χ4v) is 1.13. The highest BCUT2D eigenvalue weighted by Crippen LogP contribution is 2.21. The van der Waals surface area contributed by atoms with E-state index < -0.39 is 0 Å². The van der Waals surface area contributed by atoms with E-state index in [0.717, 1.165) is 5.75 Å². The van der Waals surface area contributed by atoms with Gasteiger partial charge in [-0.2, -0.15) is 0 Å². The van der Waals surface area contributed by atoms with Crippen LogP contribution in [-0.4, -0.2) is 19.7 Å². The fraction of sp³-hybridized carbons (Fsp3) is 0.250. The van der Waals surface area contributed by atoms with Gasteiger partial charge in [0, 0.05) is 5.56 Å². The molecule has 80 valence electrons. The lowest BCUT2D eigenvalue weighted by molar-refractivity contribution is -0.128. The Kier molecular flexibility index (Phi) is 5.01. The lowest BCUT2D eigenvalue weighted by Gasteiger charge is -2.10. The van der Waals surface area contributed by atoms with Crippen LogP contribution in [0.25, 0.3) is 6.08 Å². The summed E-state index contributed by atoms with van der Waals surface area (Å²) in [6.07, 6.45) is 4.10. The summed E-state index contributed by atoms with van der Waals surface area (Å²) in [6, 6.07) is 8.03. The molecule has 0 unspecified atom stereocenters. The topological polar surface area (TPSA) is 35.5 Å². The van der Waals surface area contributed by atoms with Gasteiger partial charge in [-0.25, -0.2) is 0 Å². The van der Waals surface area contributed by atoms with E-state index in [-0.39, 0.29) is 0 Å². The number of hydrogen-bond donors (Lipinski definition) is 0. The van der Waals surface area contributed by atoms with Crippen LogP contribution in [0.4, 0.5) is 0 Å². The van der Waals surface area contributed by atoms with Gasteiger partial charge in [-0.3, -0.25) is 4.79 Å². The molecule has 0 fully saturated rings. The van der Waals surface area contributed by atoms with Crippen molar-refractivity contribution in [3.8, 4) is 5.75 Å². The summed E-state index contributed by atoms with van der Waals surface area (Å²) >= 11 is 0. The summed E-state index contributed by atoms with van der Waals surface area (Å²) in [5.74, 6) is 0.991. The lowest BCUT2D eigenvalue weighted by Crippen LogP contribution is -1.98. The van der Waals surface area contributed by atoms with Crippen molar-refractivity contribution < 1.29 is 14.3 Å². The van der Waals surface area contributed by atoms with E-state index in [4.69, 9.17) is 4.74 Å². The predicted octanol–water partition coefficient (Wildman–Crippen LogP) is 2.27. The number of benzene rings is 1. The third-order valence-electron chi connectivity index (χ3n) is 1.79. The van der Waals surface area contributed by atoms with Crippen LogP contribution in [0.15, 0.2) is 30.3 Å². The van der Waals surface area contributed by atoms with E-state index in [9.17, 15) is 4.79 Å². The number of ether oxygens (including phenoxy) is 2. The SMILES string of the molecule is C1=Cc2ccccc2OC1.CCOC=O. The predicted molar refractivity (Wildman–Crippen MR) is 58.7 cm³/mol. The molecule has 0 N–H and O–H groups in total. The second kappa shape index (κ2) is 6.65. The third kappa shape index (κ3) is 3.85. The summed E-state index contributed by atoms with van der Waals surface area (Å²) in [7, 11) is 0. The molecule has 2 rings (SSSR count). The third-order valence-corrected chi connectivity index (χ3v) is 1.79. The van der Waals surface area contributed by atoms with E-state index in [1.807, 2.05) is 30.3 Å². The van der Waals surface area contributed by atoms with E-state index in [1.165, 1.54) is 5.56 Å². The molecule has 1 aliphatic rings. The van der Waals surface area contributed by atoms with Crippen LogP contribution in [0.5, 0.6) is 5.75 Å². The molecule has 3 nitrogen and oxygen atoms in total. The number of fused-ring (bicyclic) bond motifs is 1. The van der Waals surface area contributed by atoms with Crippen molar-refractivity contribution in [1.29, 1.82) is 0 Å². The molecular weight excluding hydrogens is 192 g/mol. The molecule has 1 heterocycles. The Morgan fingerprint density at radius 2 is 2.27 bits per heavy atom. The van der Waals surface area contributed by atoms with Crippen LogP contribution in [0, 0.1) is 0 Å². The summed E-state index contributed by atoms with van der Waals surface area (Å²) in [4.78, 5) is 9.18. The molecule has 0 aliphatic carbocycles. The van der Waals surface area contributed by atoms with Gasteiger partial charge in [-0.05, 0) is 19.1 Å². The van der Waals surface area contributed by atoms with Gasteiger partial charge in [0.25, 0.3) is 6.47 Å². The number of carbonyl (C=O) groups is 1. The molecule has 0 saturated heterocycles. The smallest absolute Gasteiger partial charge is 0.293 e. The van der Waals surface area contributed by atoms with Gasteiger partial charge < -0.3 is 9.47 Å². The highest BCUT2D eigenvalue weighted by Gasteiger charge is 2.01. The standard InChI is InChI=1S/C9H8O.C3H6O2/c1-2-6-9-8(4-1)5-3-7-10-9;1-2-5-3-4/h1-6H,7H2;3H,2H2,1H3. The molecule has 0 atom stereocenters. The molecule has 1 aromatic rings. The Hall–Kier alpha value is -1.77. The van der Waals surface area contributed by atoms with Gasteiger partial charge in [-0.1, -0.05) is 24.3 Å². The van der Waals surface area contributed by atoms with Gasteiger partial charge in [-0.15, -0.1) is 0 Å². The van der Waals surface area contributed by atoms with Crippen LogP contribution >= 0.6 is 0 Å². The van der Waals surface area contributed by atoms with Crippen molar-refractivity contribution in [1.82, 2.24) is 0 Å². The van der Waals surface area contributed by atoms with Crippen LogP contribution < -0.4 is 4.74 Å². The lowest BCUT2D eigenvalue weighted by atomic mass is 10.1. The molecule has 1 aromatic carbocycles. The first-order chi connectivity index (χ1) is 7.38. The summed E-state index contributed by atoms with van der Waals surface area (Å²) in [5.41, 5.74) is 1.17. The Labute approximate surface area is 89.3 Å². The quantitative estimate of drug-likeness (QED) is 0.696. The highest BCUT2D eigenvalue weighted by molar-refractivity contribution is 5.58. The van der Waals surface area contributed by atoms with Gasteiger partial charge in [0.2, 0.25) is 0 Å². The van der Waals surface area contributed by atoms with E-state index >= 15 is 0 Å². The summed E-state index contributed by atoms with van der Waals surface area (Å²) in [5, 5.41) is 0. The van der Waals surface area contributed by atoms with Crippen molar-refractivity contribution in [2.75, 3.05) is 13.2 Å². The second-order valence-electron chi connectivity index (χ2n) is 2.80. The van der Waals surface area contributed by atoms with Crippen LogP contribution in [0.2, 0.25) is 0 Å². The first-order valence-corrected chi connectivity index (χ1v) is 4.82.